The van der Waals surface area contributed by atoms with Gasteiger partial charge in [0.25, 0.3) is 0 Å². The van der Waals surface area contributed by atoms with Crippen LogP contribution in [-0.4, -0.2) is 86.0 Å². The Labute approximate surface area is 129 Å². The third-order valence-corrected chi connectivity index (χ3v) is 6.22. The zero-order valence-electron chi connectivity index (χ0n) is 12.3. The molecule has 22 heavy (non-hydrogen) atoms. The van der Waals surface area contributed by atoms with Crippen LogP contribution in [0.4, 0.5) is 0 Å². The third-order valence-electron chi connectivity index (χ3n) is 4.61. The number of carbonyl (C=O) groups excluding carboxylic acids is 1. The van der Waals surface area contributed by atoms with Crippen molar-refractivity contribution in [3.8, 4) is 0 Å². The number of amides is 1. The molecule has 3 N–H and O–H groups in total. The maximum atomic E-state index is 12.2. The Morgan fingerprint density at radius 2 is 1.95 bits per heavy atom. The summed E-state index contributed by atoms with van der Waals surface area (Å²) in [6.07, 6.45) is -1.35. The second-order valence-electron chi connectivity index (χ2n) is 6.13. The van der Waals surface area contributed by atoms with Crippen LogP contribution in [0.15, 0.2) is 0 Å². The fourth-order valence-corrected chi connectivity index (χ4v) is 4.52. The van der Waals surface area contributed by atoms with Crippen molar-refractivity contribution >= 4 is 15.7 Å². The van der Waals surface area contributed by atoms with E-state index in [1.807, 2.05) is 0 Å². The van der Waals surface area contributed by atoms with Crippen molar-refractivity contribution in [3.63, 3.8) is 0 Å². The second kappa shape index (κ2) is 6.04. The van der Waals surface area contributed by atoms with Crippen molar-refractivity contribution in [2.24, 2.45) is 5.73 Å². The second-order valence-corrected chi connectivity index (χ2v) is 8.44. The first kappa shape index (κ1) is 16.1. The molecule has 0 radical (unpaired) electrons. The lowest BCUT2D eigenvalue weighted by molar-refractivity contribution is -0.134. The molecule has 0 aromatic heterocycles. The molecule has 0 saturated carbocycles. The van der Waals surface area contributed by atoms with Crippen molar-refractivity contribution in [2.45, 2.75) is 43.4 Å². The first-order chi connectivity index (χ1) is 10.4. The van der Waals surface area contributed by atoms with Gasteiger partial charge in [-0.05, 0) is 0 Å². The summed E-state index contributed by atoms with van der Waals surface area (Å²) in [7, 11) is -3.00. The van der Waals surface area contributed by atoms with Gasteiger partial charge in [-0.1, -0.05) is 0 Å². The van der Waals surface area contributed by atoms with E-state index < -0.39 is 28.1 Å². The standard InChI is InChI=1S/C13H22N2O6S/c14-7-10-12(17)13-9(21-10)5-8(20-13)6-11(16)15-1-3-22(18,19)4-2-15/h8-10,12-13,17H,1-7,14H2. The van der Waals surface area contributed by atoms with Gasteiger partial charge in [0.05, 0.1) is 36.2 Å². The molecular formula is C13H22N2O6S. The number of aliphatic hydroxyl groups is 1. The SMILES string of the molecule is NCC1OC2CC(CC(=O)N3CCS(=O)(=O)CC3)OC2C1O. The van der Waals surface area contributed by atoms with E-state index in [4.69, 9.17) is 15.2 Å². The van der Waals surface area contributed by atoms with Gasteiger partial charge in [0.2, 0.25) is 5.91 Å². The first-order valence-corrected chi connectivity index (χ1v) is 9.39. The number of sulfone groups is 1. The summed E-state index contributed by atoms with van der Waals surface area (Å²) in [6, 6.07) is 0. The highest BCUT2D eigenvalue weighted by Crippen LogP contribution is 2.35. The number of carbonyl (C=O) groups is 1. The number of fused-ring (bicyclic) bond motifs is 1. The molecule has 5 atom stereocenters. The van der Waals surface area contributed by atoms with Gasteiger partial charge < -0.3 is 25.2 Å². The fourth-order valence-electron chi connectivity index (χ4n) is 3.32. The summed E-state index contributed by atoms with van der Waals surface area (Å²) >= 11 is 0. The number of aliphatic hydroxyl groups excluding tert-OH is 1. The molecule has 8 nitrogen and oxygen atoms in total. The van der Waals surface area contributed by atoms with E-state index in [-0.39, 0.29) is 55.7 Å². The number of rotatable bonds is 3. The molecule has 3 aliphatic rings. The van der Waals surface area contributed by atoms with Crippen LogP contribution < -0.4 is 5.73 Å². The summed E-state index contributed by atoms with van der Waals surface area (Å²) < 4.78 is 34.1. The summed E-state index contributed by atoms with van der Waals surface area (Å²) in [5.74, 6) is -0.0601. The average molecular weight is 334 g/mol. The molecule has 0 spiro atoms. The Balaban J connectivity index is 1.50. The van der Waals surface area contributed by atoms with Crippen molar-refractivity contribution < 1.29 is 27.8 Å². The maximum absolute atomic E-state index is 12.2. The van der Waals surface area contributed by atoms with Gasteiger partial charge in [-0.25, -0.2) is 8.42 Å². The van der Waals surface area contributed by atoms with Crippen LogP contribution >= 0.6 is 0 Å². The van der Waals surface area contributed by atoms with Crippen molar-refractivity contribution in [1.82, 2.24) is 4.90 Å². The number of hydrogen-bond acceptors (Lipinski definition) is 7. The number of ether oxygens (including phenoxy) is 2. The van der Waals surface area contributed by atoms with E-state index >= 15 is 0 Å². The Morgan fingerprint density at radius 1 is 1.27 bits per heavy atom. The van der Waals surface area contributed by atoms with Crippen LogP contribution in [0.5, 0.6) is 0 Å². The molecule has 126 valence electrons. The zero-order chi connectivity index (χ0) is 15.9. The highest BCUT2D eigenvalue weighted by molar-refractivity contribution is 7.91. The van der Waals surface area contributed by atoms with E-state index in [0.717, 1.165) is 0 Å². The molecule has 3 fully saturated rings. The predicted molar refractivity (Wildman–Crippen MR) is 76.9 cm³/mol. The Morgan fingerprint density at radius 3 is 2.55 bits per heavy atom. The molecule has 3 heterocycles. The molecule has 9 heteroatoms. The van der Waals surface area contributed by atoms with E-state index in [1.54, 1.807) is 4.90 Å². The Hall–Kier alpha value is -0.740. The van der Waals surface area contributed by atoms with Crippen molar-refractivity contribution in [1.29, 1.82) is 0 Å². The summed E-state index contributed by atoms with van der Waals surface area (Å²) in [5, 5.41) is 10.0. The van der Waals surface area contributed by atoms with Crippen molar-refractivity contribution in [3.05, 3.63) is 0 Å². The van der Waals surface area contributed by atoms with E-state index in [0.29, 0.717) is 6.42 Å². The quantitative estimate of drug-likeness (QED) is 0.605. The van der Waals surface area contributed by atoms with Gasteiger partial charge in [-0.15, -0.1) is 0 Å². The summed E-state index contributed by atoms with van der Waals surface area (Å²) in [6.45, 7) is 0.730. The number of nitrogens with zero attached hydrogens (tertiary/aromatic N) is 1. The van der Waals surface area contributed by atoms with Gasteiger partial charge in [0, 0.05) is 26.1 Å². The first-order valence-electron chi connectivity index (χ1n) is 7.57. The molecule has 3 saturated heterocycles. The van der Waals surface area contributed by atoms with Gasteiger partial charge in [-0.2, -0.15) is 0 Å². The summed E-state index contributed by atoms with van der Waals surface area (Å²) in [4.78, 5) is 13.8. The van der Waals surface area contributed by atoms with Gasteiger partial charge >= 0.3 is 0 Å². The minimum atomic E-state index is -3.00. The van der Waals surface area contributed by atoms with Crippen LogP contribution in [0.1, 0.15) is 12.8 Å². The Kier molecular flexibility index (Phi) is 4.43. The number of hydrogen-bond donors (Lipinski definition) is 2. The molecule has 1 amide bonds. The van der Waals surface area contributed by atoms with Gasteiger partial charge in [0.1, 0.15) is 12.2 Å². The van der Waals surface area contributed by atoms with E-state index in [1.165, 1.54) is 0 Å². The van der Waals surface area contributed by atoms with Crippen LogP contribution in [0.2, 0.25) is 0 Å². The summed E-state index contributed by atoms with van der Waals surface area (Å²) in [5.41, 5.74) is 5.51. The molecule has 5 unspecified atom stereocenters. The van der Waals surface area contributed by atoms with Gasteiger partial charge in [0.15, 0.2) is 9.84 Å². The van der Waals surface area contributed by atoms with Crippen molar-refractivity contribution in [2.75, 3.05) is 31.1 Å². The smallest absolute Gasteiger partial charge is 0.225 e. The van der Waals surface area contributed by atoms with Crippen LogP contribution in [0.3, 0.4) is 0 Å². The minimum absolute atomic E-state index is 0.0233. The zero-order valence-corrected chi connectivity index (χ0v) is 13.1. The topological polar surface area (TPSA) is 119 Å². The molecule has 0 aromatic rings. The highest BCUT2D eigenvalue weighted by Gasteiger charge is 2.50. The van der Waals surface area contributed by atoms with Gasteiger partial charge in [-0.3, -0.25) is 4.79 Å². The largest absolute Gasteiger partial charge is 0.388 e. The fraction of sp³-hybridized carbons (Fsp3) is 0.923. The highest BCUT2D eigenvalue weighted by atomic mass is 32.2. The average Bonchev–Trinajstić information content (AvgIpc) is 2.98. The van der Waals surface area contributed by atoms with E-state index in [9.17, 15) is 18.3 Å². The van der Waals surface area contributed by atoms with E-state index in [2.05, 4.69) is 0 Å². The monoisotopic (exact) mass is 334 g/mol. The maximum Gasteiger partial charge on any atom is 0.225 e. The Bertz CT molecular complexity index is 525. The molecule has 0 aliphatic carbocycles. The molecule has 3 rings (SSSR count). The number of nitrogens with two attached hydrogens (primary N) is 1. The molecule has 0 bridgehead atoms. The molecular weight excluding hydrogens is 312 g/mol. The predicted octanol–water partition coefficient (Wildman–Crippen LogP) is -2.12. The lowest BCUT2D eigenvalue weighted by atomic mass is 10.1. The van der Waals surface area contributed by atoms with Crippen LogP contribution in [0, 0.1) is 0 Å². The van der Waals surface area contributed by atoms with Crippen LogP contribution in [0.25, 0.3) is 0 Å². The minimum Gasteiger partial charge on any atom is -0.388 e. The lowest BCUT2D eigenvalue weighted by Gasteiger charge is -2.28. The third kappa shape index (κ3) is 3.13. The van der Waals surface area contributed by atoms with Crippen LogP contribution in [-0.2, 0) is 24.1 Å². The molecule has 3 aliphatic heterocycles. The normalized spacial score (nSPS) is 40.6. The molecule has 0 aromatic carbocycles. The lowest BCUT2D eigenvalue weighted by Crippen LogP contribution is -2.44.